The fourth-order valence-electron chi connectivity index (χ4n) is 4.54. The lowest BCUT2D eigenvalue weighted by atomic mass is 9.77. The van der Waals surface area contributed by atoms with Crippen molar-refractivity contribution in [2.75, 3.05) is 26.2 Å². The molecule has 1 aromatic carbocycles. The maximum Gasteiger partial charge on any atom is 0.240 e. The summed E-state index contributed by atoms with van der Waals surface area (Å²) in [6, 6.07) is 14.3. The zero-order valence-electron chi connectivity index (χ0n) is 16.4. The normalized spacial score (nSPS) is 20.9. The largest absolute Gasteiger partial charge is 0.337 e. The van der Waals surface area contributed by atoms with Gasteiger partial charge in [-0.2, -0.15) is 0 Å². The molecule has 0 saturated carbocycles. The smallest absolute Gasteiger partial charge is 0.240 e. The number of carbonyl (C=O) groups is 1. The number of nitrogens with zero attached hydrogens (tertiary/aromatic N) is 2. The second-order valence-corrected chi connectivity index (χ2v) is 8.24. The molecule has 2 aliphatic rings. The van der Waals surface area contributed by atoms with E-state index in [1.165, 1.54) is 5.56 Å². The Balaban J connectivity index is 1.45. The summed E-state index contributed by atoms with van der Waals surface area (Å²) < 4.78 is 0. The number of hydrogen-bond acceptors (Lipinski definition) is 4. The quantitative estimate of drug-likeness (QED) is 0.810. The Morgan fingerprint density at radius 2 is 1.89 bits per heavy atom. The standard InChI is InChI=1S/C23H30N4O/c28-22(21-15-23(18-26-21)9-12-24-13-10-23)27(17-20-7-4-11-25-16-20)14-8-19-5-2-1-3-6-19/h1-7,11,16,21,24,26H,8-10,12-15,17-18H2. The summed E-state index contributed by atoms with van der Waals surface area (Å²) in [4.78, 5) is 19.7. The van der Waals surface area contributed by atoms with Gasteiger partial charge in [-0.1, -0.05) is 36.4 Å². The van der Waals surface area contributed by atoms with Crippen molar-refractivity contribution < 1.29 is 4.79 Å². The predicted molar refractivity (Wildman–Crippen MR) is 111 cm³/mol. The minimum absolute atomic E-state index is 0.0643. The molecule has 0 bridgehead atoms. The molecule has 3 heterocycles. The van der Waals surface area contributed by atoms with Crippen LogP contribution in [0.15, 0.2) is 54.9 Å². The van der Waals surface area contributed by atoms with Gasteiger partial charge in [0.25, 0.3) is 0 Å². The first-order chi connectivity index (χ1) is 13.7. The summed E-state index contributed by atoms with van der Waals surface area (Å²) in [5.41, 5.74) is 2.64. The average molecular weight is 379 g/mol. The minimum atomic E-state index is -0.0643. The summed E-state index contributed by atoms with van der Waals surface area (Å²) in [7, 11) is 0. The number of piperidine rings is 1. The Hall–Kier alpha value is -2.24. The minimum Gasteiger partial charge on any atom is -0.337 e. The van der Waals surface area contributed by atoms with E-state index in [4.69, 9.17) is 0 Å². The van der Waals surface area contributed by atoms with Gasteiger partial charge in [0.15, 0.2) is 0 Å². The van der Waals surface area contributed by atoms with Crippen LogP contribution in [0.1, 0.15) is 30.4 Å². The fraction of sp³-hybridized carbons (Fsp3) is 0.478. The van der Waals surface area contributed by atoms with Crippen molar-refractivity contribution >= 4 is 5.91 Å². The van der Waals surface area contributed by atoms with E-state index in [0.717, 1.165) is 57.4 Å². The highest BCUT2D eigenvalue weighted by molar-refractivity contribution is 5.82. The zero-order valence-corrected chi connectivity index (χ0v) is 16.4. The van der Waals surface area contributed by atoms with Gasteiger partial charge in [0.05, 0.1) is 6.04 Å². The molecule has 5 nitrogen and oxygen atoms in total. The van der Waals surface area contributed by atoms with Crippen LogP contribution in [0.4, 0.5) is 0 Å². The third-order valence-corrected chi connectivity index (χ3v) is 6.24. The van der Waals surface area contributed by atoms with E-state index >= 15 is 0 Å². The monoisotopic (exact) mass is 378 g/mol. The van der Waals surface area contributed by atoms with Crippen molar-refractivity contribution in [3.05, 3.63) is 66.0 Å². The van der Waals surface area contributed by atoms with Crippen LogP contribution in [0.2, 0.25) is 0 Å². The van der Waals surface area contributed by atoms with Gasteiger partial charge in [-0.3, -0.25) is 9.78 Å². The number of rotatable bonds is 6. The summed E-state index contributed by atoms with van der Waals surface area (Å²) in [5.74, 6) is 0.232. The number of nitrogens with one attached hydrogen (secondary N) is 2. The molecule has 0 aliphatic carbocycles. The van der Waals surface area contributed by atoms with Gasteiger partial charge in [0.1, 0.15) is 0 Å². The molecule has 1 atom stereocenters. The molecule has 2 fully saturated rings. The lowest BCUT2D eigenvalue weighted by molar-refractivity contribution is -0.133. The van der Waals surface area contributed by atoms with E-state index in [1.54, 1.807) is 6.20 Å². The van der Waals surface area contributed by atoms with Gasteiger partial charge in [-0.25, -0.2) is 0 Å². The van der Waals surface area contributed by atoms with E-state index < -0.39 is 0 Å². The lowest BCUT2D eigenvalue weighted by Gasteiger charge is -2.33. The van der Waals surface area contributed by atoms with Crippen LogP contribution in [-0.2, 0) is 17.8 Å². The number of hydrogen-bond donors (Lipinski definition) is 2. The molecule has 2 aromatic rings. The second kappa shape index (κ2) is 8.84. The first-order valence-electron chi connectivity index (χ1n) is 10.4. The Bertz CT molecular complexity index is 759. The van der Waals surface area contributed by atoms with Gasteiger partial charge < -0.3 is 15.5 Å². The van der Waals surface area contributed by atoms with Gasteiger partial charge in [-0.05, 0) is 61.4 Å². The third-order valence-electron chi connectivity index (χ3n) is 6.24. The highest BCUT2D eigenvalue weighted by Gasteiger charge is 2.43. The molecule has 1 amide bonds. The van der Waals surface area contributed by atoms with E-state index in [0.29, 0.717) is 12.0 Å². The molecular weight excluding hydrogens is 348 g/mol. The van der Waals surface area contributed by atoms with E-state index in [9.17, 15) is 4.79 Å². The van der Waals surface area contributed by atoms with Gasteiger partial charge in [0, 0.05) is 32.0 Å². The molecule has 2 saturated heterocycles. The molecule has 1 spiro atoms. The summed E-state index contributed by atoms with van der Waals surface area (Å²) in [6.07, 6.45) is 7.79. The van der Waals surface area contributed by atoms with Crippen LogP contribution in [0.25, 0.3) is 0 Å². The molecule has 148 valence electrons. The topological polar surface area (TPSA) is 57.3 Å². The van der Waals surface area contributed by atoms with Crippen molar-refractivity contribution in [1.82, 2.24) is 20.5 Å². The Labute approximate surface area is 167 Å². The van der Waals surface area contributed by atoms with E-state index in [-0.39, 0.29) is 11.9 Å². The van der Waals surface area contributed by atoms with E-state index in [1.807, 2.05) is 29.3 Å². The Morgan fingerprint density at radius 1 is 1.11 bits per heavy atom. The maximum absolute atomic E-state index is 13.4. The highest BCUT2D eigenvalue weighted by Crippen LogP contribution is 2.37. The number of aromatic nitrogens is 1. The number of carbonyl (C=O) groups excluding carboxylic acids is 1. The van der Waals surface area contributed by atoms with Crippen molar-refractivity contribution in [2.45, 2.75) is 38.3 Å². The molecule has 2 aliphatic heterocycles. The molecule has 28 heavy (non-hydrogen) atoms. The number of amides is 1. The fourth-order valence-corrected chi connectivity index (χ4v) is 4.54. The summed E-state index contributed by atoms with van der Waals surface area (Å²) in [5, 5.41) is 6.99. The Kier molecular flexibility index (Phi) is 6.03. The highest BCUT2D eigenvalue weighted by atomic mass is 16.2. The second-order valence-electron chi connectivity index (χ2n) is 8.24. The maximum atomic E-state index is 13.4. The van der Waals surface area contributed by atoms with Crippen LogP contribution < -0.4 is 10.6 Å². The third kappa shape index (κ3) is 4.59. The van der Waals surface area contributed by atoms with Gasteiger partial charge in [0.2, 0.25) is 5.91 Å². The molecule has 0 radical (unpaired) electrons. The molecule has 5 heteroatoms. The van der Waals surface area contributed by atoms with Crippen LogP contribution in [0.3, 0.4) is 0 Å². The SMILES string of the molecule is O=C(C1CC2(CCNCC2)CN1)N(CCc1ccccc1)Cc1cccnc1. The van der Waals surface area contributed by atoms with Crippen molar-refractivity contribution in [1.29, 1.82) is 0 Å². The predicted octanol–water partition coefficient (Wildman–Crippen LogP) is 2.38. The van der Waals surface area contributed by atoms with Crippen LogP contribution in [0.5, 0.6) is 0 Å². The zero-order chi connectivity index (χ0) is 19.2. The van der Waals surface area contributed by atoms with Crippen LogP contribution in [-0.4, -0.2) is 48.0 Å². The lowest BCUT2D eigenvalue weighted by Crippen LogP contribution is -2.44. The van der Waals surface area contributed by atoms with Gasteiger partial charge in [-0.15, -0.1) is 0 Å². The van der Waals surface area contributed by atoms with Crippen molar-refractivity contribution in [2.24, 2.45) is 5.41 Å². The first kappa shape index (κ1) is 19.1. The van der Waals surface area contributed by atoms with Crippen molar-refractivity contribution in [3.63, 3.8) is 0 Å². The molecule has 4 rings (SSSR count). The molecule has 1 aromatic heterocycles. The number of pyridine rings is 1. The average Bonchev–Trinajstić information content (AvgIpc) is 3.16. The first-order valence-corrected chi connectivity index (χ1v) is 10.4. The summed E-state index contributed by atoms with van der Waals surface area (Å²) in [6.45, 7) is 4.44. The van der Waals surface area contributed by atoms with Crippen LogP contribution in [0, 0.1) is 5.41 Å². The molecule has 2 N–H and O–H groups in total. The summed E-state index contributed by atoms with van der Waals surface area (Å²) >= 11 is 0. The Morgan fingerprint density at radius 3 is 2.64 bits per heavy atom. The number of benzene rings is 1. The van der Waals surface area contributed by atoms with Gasteiger partial charge >= 0.3 is 0 Å². The van der Waals surface area contributed by atoms with Crippen molar-refractivity contribution in [3.8, 4) is 0 Å². The van der Waals surface area contributed by atoms with Crippen LogP contribution >= 0.6 is 0 Å². The molecular formula is C23H30N4O. The molecule has 1 unspecified atom stereocenters. The van der Waals surface area contributed by atoms with E-state index in [2.05, 4.69) is 39.9 Å².